The van der Waals surface area contributed by atoms with Crippen molar-refractivity contribution in [2.45, 2.75) is 5.92 Å². The first-order valence-electron chi connectivity index (χ1n) is 9.09. The van der Waals surface area contributed by atoms with E-state index in [0.29, 0.717) is 5.02 Å². The summed E-state index contributed by atoms with van der Waals surface area (Å²) in [6, 6.07) is 20.4. The predicted molar refractivity (Wildman–Crippen MR) is 112 cm³/mol. The third kappa shape index (κ3) is 3.45. The Morgan fingerprint density at radius 2 is 1.59 bits per heavy atom. The predicted octanol–water partition coefficient (Wildman–Crippen LogP) is 5.42. The molecular formula is C23H18ClNO4. The van der Waals surface area contributed by atoms with E-state index in [1.807, 2.05) is 36.4 Å². The molecule has 5 nitrogen and oxygen atoms in total. The van der Waals surface area contributed by atoms with E-state index in [0.717, 1.165) is 22.3 Å². The van der Waals surface area contributed by atoms with Crippen molar-refractivity contribution < 1.29 is 19.4 Å². The van der Waals surface area contributed by atoms with E-state index >= 15 is 0 Å². The van der Waals surface area contributed by atoms with Gasteiger partial charge in [0, 0.05) is 18.0 Å². The van der Waals surface area contributed by atoms with Gasteiger partial charge < -0.3 is 9.84 Å². The van der Waals surface area contributed by atoms with Crippen LogP contribution in [0.25, 0.3) is 11.1 Å². The van der Waals surface area contributed by atoms with Crippen molar-refractivity contribution in [3.8, 4) is 11.1 Å². The topological polar surface area (TPSA) is 66.8 Å². The fraction of sp³-hybridized carbons (Fsp3) is 0.130. The molecule has 0 heterocycles. The minimum Gasteiger partial charge on any atom is -0.478 e. The Kier molecular flexibility index (Phi) is 4.99. The van der Waals surface area contributed by atoms with Crippen LogP contribution in [0.1, 0.15) is 27.4 Å². The van der Waals surface area contributed by atoms with Crippen molar-refractivity contribution in [2.24, 2.45) is 0 Å². The number of nitrogens with zero attached hydrogens (tertiary/aromatic N) is 1. The molecule has 3 aromatic rings. The van der Waals surface area contributed by atoms with Gasteiger partial charge in [-0.15, -0.1) is 0 Å². The number of hydrogen-bond acceptors (Lipinski definition) is 3. The third-order valence-corrected chi connectivity index (χ3v) is 5.40. The molecule has 1 aliphatic rings. The lowest BCUT2D eigenvalue weighted by Gasteiger charge is -2.21. The Morgan fingerprint density at radius 1 is 1.00 bits per heavy atom. The number of carboxylic acid groups (broad SMARTS) is 1. The molecule has 0 fully saturated rings. The first kappa shape index (κ1) is 19.0. The summed E-state index contributed by atoms with van der Waals surface area (Å²) in [5.41, 5.74) is 4.66. The molecule has 0 radical (unpaired) electrons. The summed E-state index contributed by atoms with van der Waals surface area (Å²) in [6.45, 7) is 0.153. The van der Waals surface area contributed by atoms with Crippen LogP contribution in [-0.2, 0) is 4.74 Å². The van der Waals surface area contributed by atoms with Crippen molar-refractivity contribution in [1.82, 2.24) is 0 Å². The number of hydrogen-bond donors (Lipinski definition) is 1. The Morgan fingerprint density at radius 3 is 2.17 bits per heavy atom. The monoisotopic (exact) mass is 407 g/mol. The second-order valence-corrected chi connectivity index (χ2v) is 7.27. The molecule has 0 aliphatic heterocycles. The minimum absolute atomic E-state index is 0.0228. The summed E-state index contributed by atoms with van der Waals surface area (Å²) in [4.78, 5) is 25.3. The van der Waals surface area contributed by atoms with Gasteiger partial charge in [0.25, 0.3) is 0 Å². The van der Waals surface area contributed by atoms with Gasteiger partial charge in [-0.3, -0.25) is 4.90 Å². The lowest BCUT2D eigenvalue weighted by Crippen LogP contribution is -2.30. The van der Waals surface area contributed by atoms with Gasteiger partial charge in [0.05, 0.1) is 11.3 Å². The minimum atomic E-state index is -1.14. The van der Waals surface area contributed by atoms with Gasteiger partial charge in [-0.05, 0) is 40.5 Å². The lowest BCUT2D eigenvalue weighted by atomic mass is 9.98. The number of rotatable bonds is 4. The van der Waals surface area contributed by atoms with Gasteiger partial charge in [-0.2, -0.15) is 0 Å². The van der Waals surface area contributed by atoms with Gasteiger partial charge in [0.2, 0.25) is 0 Å². The zero-order valence-corrected chi connectivity index (χ0v) is 16.4. The van der Waals surface area contributed by atoms with E-state index in [1.54, 1.807) is 0 Å². The molecule has 146 valence electrons. The smallest absolute Gasteiger partial charge is 0.414 e. The molecule has 0 saturated heterocycles. The molecule has 0 bridgehead atoms. The Balaban J connectivity index is 1.57. The molecule has 0 aromatic heterocycles. The molecule has 0 spiro atoms. The number of carbonyl (C=O) groups excluding carboxylic acids is 1. The molecule has 3 aromatic carbocycles. The van der Waals surface area contributed by atoms with Crippen LogP contribution < -0.4 is 4.90 Å². The lowest BCUT2D eigenvalue weighted by molar-refractivity contribution is 0.0697. The summed E-state index contributed by atoms with van der Waals surface area (Å²) in [6.07, 6.45) is -0.642. The maximum absolute atomic E-state index is 12.7. The van der Waals surface area contributed by atoms with Crippen molar-refractivity contribution in [2.75, 3.05) is 18.6 Å². The fourth-order valence-corrected chi connectivity index (χ4v) is 3.92. The van der Waals surface area contributed by atoms with Crippen molar-refractivity contribution in [3.05, 3.63) is 88.4 Å². The number of amides is 1. The van der Waals surface area contributed by atoms with Crippen LogP contribution in [0.4, 0.5) is 10.5 Å². The largest absolute Gasteiger partial charge is 0.478 e. The molecule has 1 aliphatic carbocycles. The number of carboxylic acids is 1. The van der Waals surface area contributed by atoms with E-state index in [9.17, 15) is 14.7 Å². The number of anilines is 1. The highest BCUT2D eigenvalue weighted by atomic mass is 35.5. The van der Waals surface area contributed by atoms with Crippen LogP contribution >= 0.6 is 11.6 Å². The summed E-state index contributed by atoms with van der Waals surface area (Å²) in [5, 5.41) is 9.72. The fourth-order valence-electron chi connectivity index (χ4n) is 3.75. The van der Waals surface area contributed by atoms with Gasteiger partial charge in [-0.1, -0.05) is 60.1 Å². The molecule has 0 atom stereocenters. The standard InChI is InChI=1S/C23H18ClNO4/c1-25(21-12-14(24)10-11-19(21)22(26)27)23(28)29-13-20-17-8-4-2-6-15(17)16-7-3-5-9-18(16)20/h2-12,20H,13H2,1H3,(H,26,27). The second kappa shape index (κ2) is 7.60. The first-order valence-corrected chi connectivity index (χ1v) is 9.46. The summed E-state index contributed by atoms with van der Waals surface area (Å²) >= 11 is 5.99. The highest BCUT2D eigenvalue weighted by molar-refractivity contribution is 6.31. The quantitative estimate of drug-likeness (QED) is 0.626. The van der Waals surface area contributed by atoms with E-state index in [2.05, 4.69) is 12.1 Å². The number of carbonyl (C=O) groups is 2. The summed E-state index contributed by atoms with van der Waals surface area (Å²) in [5.74, 6) is -1.21. The number of halogens is 1. The van der Waals surface area contributed by atoms with Crippen LogP contribution in [0.5, 0.6) is 0 Å². The van der Waals surface area contributed by atoms with Gasteiger partial charge in [0.15, 0.2) is 0 Å². The first-order chi connectivity index (χ1) is 14.0. The molecule has 0 unspecified atom stereocenters. The number of fused-ring (bicyclic) bond motifs is 3. The van der Waals surface area contributed by atoms with E-state index in [-0.39, 0.29) is 23.8 Å². The van der Waals surface area contributed by atoms with Crippen molar-refractivity contribution in [1.29, 1.82) is 0 Å². The Hall–Kier alpha value is -3.31. The van der Waals surface area contributed by atoms with Crippen LogP contribution in [0.2, 0.25) is 5.02 Å². The number of aromatic carboxylic acids is 1. The van der Waals surface area contributed by atoms with Crippen molar-refractivity contribution >= 4 is 29.4 Å². The zero-order chi connectivity index (χ0) is 20.5. The highest BCUT2D eigenvalue weighted by Crippen LogP contribution is 2.44. The third-order valence-electron chi connectivity index (χ3n) is 5.16. The average Bonchev–Trinajstić information content (AvgIpc) is 3.05. The Bertz CT molecular complexity index is 1070. The maximum Gasteiger partial charge on any atom is 0.414 e. The molecule has 1 N–H and O–H groups in total. The molecule has 6 heteroatoms. The van der Waals surface area contributed by atoms with E-state index in [4.69, 9.17) is 16.3 Å². The second-order valence-electron chi connectivity index (χ2n) is 6.83. The van der Waals surface area contributed by atoms with E-state index in [1.165, 1.54) is 30.1 Å². The zero-order valence-electron chi connectivity index (χ0n) is 15.6. The van der Waals surface area contributed by atoms with E-state index < -0.39 is 12.1 Å². The van der Waals surface area contributed by atoms with Crippen molar-refractivity contribution in [3.63, 3.8) is 0 Å². The molecule has 0 saturated carbocycles. The number of ether oxygens (including phenoxy) is 1. The maximum atomic E-state index is 12.7. The number of benzene rings is 3. The van der Waals surface area contributed by atoms with Crippen LogP contribution in [0.15, 0.2) is 66.7 Å². The van der Waals surface area contributed by atoms with Gasteiger partial charge in [0.1, 0.15) is 6.61 Å². The highest BCUT2D eigenvalue weighted by Gasteiger charge is 2.30. The van der Waals surface area contributed by atoms with Crippen LogP contribution in [-0.4, -0.2) is 30.8 Å². The van der Waals surface area contributed by atoms with Gasteiger partial charge in [-0.25, -0.2) is 9.59 Å². The average molecular weight is 408 g/mol. The molecule has 4 rings (SSSR count). The summed E-state index contributed by atoms with van der Waals surface area (Å²) < 4.78 is 5.58. The van der Waals surface area contributed by atoms with Crippen LogP contribution in [0.3, 0.4) is 0 Å². The van der Waals surface area contributed by atoms with Gasteiger partial charge >= 0.3 is 12.1 Å². The molecular weight excluding hydrogens is 390 g/mol. The summed E-state index contributed by atoms with van der Waals surface area (Å²) in [7, 11) is 1.47. The SMILES string of the molecule is CN(C(=O)OCC1c2ccccc2-c2ccccc21)c1cc(Cl)ccc1C(=O)O. The molecule has 1 amide bonds. The normalized spacial score (nSPS) is 12.2. The van der Waals surface area contributed by atoms with Crippen LogP contribution in [0, 0.1) is 0 Å². The molecule has 29 heavy (non-hydrogen) atoms. The Labute approximate surface area is 173 Å².